The maximum absolute atomic E-state index is 12.8. The summed E-state index contributed by atoms with van der Waals surface area (Å²) in [5, 5.41) is 3.06. The second-order valence-electron chi connectivity index (χ2n) is 8.72. The Morgan fingerprint density at radius 1 is 1.09 bits per heavy atom. The molecule has 0 bridgehead atoms. The van der Waals surface area contributed by atoms with Crippen molar-refractivity contribution < 1.29 is 27.5 Å². The number of carbonyl (C=O) groups is 2. The number of halogens is 3. The van der Waals surface area contributed by atoms with Gasteiger partial charge >= 0.3 is 6.18 Å². The van der Waals surface area contributed by atoms with Crippen LogP contribution in [0.15, 0.2) is 42.6 Å². The highest BCUT2D eigenvalue weighted by molar-refractivity contribution is 6.00. The minimum atomic E-state index is -4.43. The minimum absolute atomic E-state index is 0.0126. The van der Waals surface area contributed by atoms with Gasteiger partial charge in [-0.05, 0) is 50.8 Å². The van der Waals surface area contributed by atoms with Crippen molar-refractivity contribution in [3.8, 4) is 5.88 Å². The summed E-state index contributed by atoms with van der Waals surface area (Å²) < 4.78 is 43.7. The molecule has 1 saturated heterocycles. The van der Waals surface area contributed by atoms with E-state index in [1.54, 1.807) is 4.90 Å². The molecule has 2 heterocycles. The lowest BCUT2D eigenvalue weighted by Crippen LogP contribution is -2.43. The lowest BCUT2D eigenvalue weighted by molar-refractivity contribution is -0.137. The lowest BCUT2D eigenvalue weighted by atomic mass is 9.92. The van der Waals surface area contributed by atoms with Crippen LogP contribution in [0.25, 0.3) is 0 Å². The zero-order valence-electron chi connectivity index (χ0n) is 18.3. The first-order chi connectivity index (χ1) is 15.7. The highest BCUT2D eigenvalue weighted by atomic mass is 19.4. The number of alkyl halides is 3. The Balaban J connectivity index is 1.24. The molecular formula is C24H26F3N3O3. The van der Waals surface area contributed by atoms with Gasteiger partial charge < -0.3 is 15.0 Å². The average molecular weight is 461 g/mol. The van der Waals surface area contributed by atoms with E-state index >= 15 is 0 Å². The topological polar surface area (TPSA) is 71.5 Å². The Bertz CT molecular complexity index is 985. The molecule has 1 aromatic heterocycles. The van der Waals surface area contributed by atoms with Crippen LogP contribution in [0.5, 0.6) is 5.88 Å². The highest BCUT2D eigenvalue weighted by Crippen LogP contribution is 2.30. The van der Waals surface area contributed by atoms with Gasteiger partial charge in [0.1, 0.15) is 6.10 Å². The molecule has 0 spiro atoms. The molecule has 1 unspecified atom stereocenters. The standard InChI is InChI=1S/C24H26F3N3O3/c1-15-2-7-19(8-3-15)30-14-16(12-22(30)31)23(32)29-18-5-9-20(10-6-18)33-21-11-4-17(13-28-21)24(25,26)27/h2-4,7-8,11,13,16,18,20H,5-6,9-10,12,14H2,1H3,(H,29,32). The first-order valence-electron chi connectivity index (χ1n) is 11.1. The zero-order chi connectivity index (χ0) is 23.6. The normalized spacial score (nSPS) is 23.5. The van der Waals surface area contributed by atoms with Gasteiger partial charge in [-0.3, -0.25) is 9.59 Å². The summed E-state index contributed by atoms with van der Waals surface area (Å²) in [7, 11) is 0. The summed E-state index contributed by atoms with van der Waals surface area (Å²) in [5.74, 6) is -0.396. The molecule has 2 amide bonds. The van der Waals surface area contributed by atoms with Gasteiger partial charge in [-0.1, -0.05) is 17.7 Å². The third-order valence-electron chi connectivity index (χ3n) is 6.21. The Hall–Kier alpha value is -3.10. The van der Waals surface area contributed by atoms with Gasteiger partial charge in [0.05, 0.1) is 11.5 Å². The molecule has 1 aliphatic carbocycles. The Morgan fingerprint density at radius 2 is 1.79 bits per heavy atom. The van der Waals surface area contributed by atoms with Gasteiger partial charge in [0.15, 0.2) is 0 Å². The quantitative estimate of drug-likeness (QED) is 0.722. The second-order valence-corrected chi connectivity index (χ2v) is 8.72. The van der Waals surface area contributed by atoms with E-state index in [1.165, 1.54) is 6.07 Å². The Kier molecular flexibility index (Phi) is 6.58. The molecule has 0 radical (unpaired) electrons. The molecule has 2 aromatic rings. The van der Waals surface area contributed by atoms with E-state index < -0.39 is 11.7 Å². The number of amides is 2. The molecule has 2 aliphatic rings. The maximum atomic E-state index is 12.8. The first kappa shape index (κ1) is 23.1. The molecule has 176 valence electrons. The number of hydrogen-bond acceptors (Lipinski definition) is 4. The van der Waals surface area contributed by atoms with Crippen molar-refractivity contribution in [2.75, 3.05) is 11.4 Å². The van der Waals surface area contributed by atoms with Crippen molar-refractivity contribution in [3.05, 3.63) is 53.7 Å². The number of anilines is 1. The molecule has 9 heteroatoms. The van der Waals surface area contributed by atoms with Crippen LogP contribution in [0, 0.1) is 12.8 Å². The number of hydrogen-bond donors (Lipinski definition) is 1. The van der Waals surface area contributed by atoms with Crippen LogP contribution in [0.4, 0.5) is 18.9 Å². The molecule has 1 saturated carbocycles. The van der Waals surface area contributed by atoms with Crippen LogP contribution in [0.1, 0.15) is 43.2 Å². The van der Waals surface area contributed by atoms with Crippen molar-refractivity contribution in [2.24, 2.45) is 5.92 Å². The fraction of sp³-hybridized carbons (Fsp3) is 0.458. The molecule has 2 fully saturated rings. The summed E-state index contributed by atoms with van der Waals surface area (Å²) in [6.07, 6.45) is -0.921. The van der Waals surface area contributed by atoms with Gasteiger partial charge in [0.25, 0.3) is 0 Å². The smallest absolute Gasteiger partial charge is 0.417 e. The third kappa shape index (κ3) is 5.64. The molecular weight excluding hydrogens is 435 g/mol. The van der Waals surface area contributed by atoms with Crippen LogP contribution >= 0.6 is 0 Å². The van der Waals surface area contributed by atoms with E-state index in [0.717, 1.165) is 23.5 Å². The van der Waals surface area contributed by atoms with Crippen molar-refractivity contribution in [3.63, 3.8) is 0 Å². The highest BCUT2D eigenvalue weighted by Gasteiger charge is 2.36. The second kappa shape index (κ2) is 9.41. The minimum Gasteiger partial charge on any atom is -0.474 e. The predicted molar refractivity (Wildman–Crippen MR) is 116 cm³/mol. The third-order valence-corrected chi connectivity index (χ3v) is 6.21. The number of benzene rings is 1. The fourth-order valence-corrected chi connectivity index (χ4v) is 4.29. The van der Waals surface area contributed by atoms with Crippen LogP contribution in [-0.4, -0.2) is 35.5 Å². The van der Waals surface area contributed by atoms with E-state index in [4.69, 9.17) is 4.74 Å². The first-order valence-corrected chi connectivity index (χ1v) is 11.1. The molecule has 1 aromatic carbocycles. The molecule has 33 heavy (non-hydrogen) atoms. The molecule has 1 aliphatic heterocycles. The van der Waals surface area contributed by atoms with E-state index in [2.05, 4.69) is 10.3 Å². The number of nitrogens with one attached hydrogen (secondary N) is 1. The summed E-state index contributed by atoms with van der Waals surface area (Å²) in [6.45, 7) is 2.34. The number of ether oxygens (including phenoxy) is 1. The van der Waals surface area contributed by atoms with Crippen molar-refractivity contribution in [2.45, 2.75) is 57.3 Å². The number of aromatic nitrogens is 1. The van der Waals surface area contributed by atoms with Gasteiger partial charge in [-0.15, -0.1) is 0 Å². The number of nitrogens with zero attached hydrogens (tertiary/aromatic N) is 2. The lowest BCUT2D eigenvalue weighted by Gasteiger charge is -2.30. The zero-order valence-corrected chi connectivity index (χ0v) is 18.3. The van der Waals surface area contributed by atoms with Crippen molar-refractivity contribution >= 4 is 17.5 Å². The molecule has 4 rings (SSSR count). The van der Waals surface area contributed by atoms with Crippen molar-refractivity contribution in [1.82, 2.24) is 10.3 Å². The van der Waals surface area contributed by atoms with Gasteiger partial charge in [-0.2, -0.15) is 13.2 Å². The Morgan fingerprint density at radius 3 is 2.39 bits per heavy atom. The van der Waals surface area contributed by atoms with Crippen LogP contribution in [0.2, 0.25) is 0 Å². The average Bonchev–Trinajstić information content (AvgIpc) is 3.17. The fourth-order valence-electron chi connectivity index (χ4n) is 4.29. The van der Waals surface area contributed by atoms with Crippen LogP contribution < -0.4 is 15.0 Å². The van der Waals surface area contributed by atoms with Crippen LogP contribution in [-0.2, 0) is 15.8 Å². The summed E-state index contributed by atoms with van der Waals surface area (Å²) in [4.78, 5) is 30.6. The SMILES string of the molecule is Cc1ccc(N2CC(C(=O)NC3CCC(Oc4ccc(C(F)(F)F)cn4)CC3)CC2=O)cc1. The van der Waals surface area contributed by atoms with Gasteiger partial charge in [0.2, 0.25) is 17.7 Å². The largest absolute Gasteiger partial charge is 0.474 e. The van der Waals surface area contributed by atoms with E-state index in [9.17, 15) is 22.8 Å². The number of rotatable bonds is 5. The van der Waals surface area contributed by atoms with E-state index in [0.29, 0.717) is 32.2 Å². The van der Waals surface area contributed by atoms with Gasteiger partial charge in [-0.25, -0.2) is 4.98 Å². The van der Waals surface area contributed by atoms with Crippen LogP contribution in [0.3, 0.4) is 0 Å². The van der Waals surface area contributed by atoms with Gasteiger partial charge in [0, 0.05) is 37.0 Å². The molecule has 6 nitrogen and oxygen atoms in total. The monoisotopic (exact) mass is 461 g/mol. The summed E-state index contributed by atoms with van der Waals surface area (Å²) in [6, 6.07) is 9.83. The number of pyridine rings is 1. The summed E-state index contributed by atoms with van der Waals surface area (Å²) >= 11 is 0. The van der Waals surface area contributed by atoms with E-state index in [-0.39, 0.29) is 42.2 Å². The Labute approximate surface area is 190 Å². The molecule has 1 atom stereocenters. The predicted octanol–water partition coefficient (Wildman–Crippen LogP) is 4.27. The number of aryl methyl sites for hydroxylation is 1. The maximum Gasteiger partial charge on any atom is 0.417 e. The molecule has 1 N–H and O–H groups in total. The summed E-state index contributed by atoms with van der Waals surface area (Å²) in [5.41, 5.74) is 1.09. The van der Waals surface area contributed by atoms with Crippen molar-refractivity contribution in [1.29, 1.82) is 0 Å². The van der Waals surface area contributed by atoms with E-state index in [1.807, 2.05) is 31.2 Å². The number of carbonyl (C=O) groups excluding carboxylic acids is 2.